The van der Waals surface area contributed by atoms with Gasteiger partial charge in [0, 0.05) is 22.3 Å². The Kier molecular flexibility index (Phi) is 3.63. The van der Waals surface area contributed by atoms with Crippen LogP contribution in [0.2, 0.25) is 0 Å². The Morgan fingerprint density at radius 1 is 1.23 bits per heavy atom. The standard InChI is InChI=1S/C16H19N5S/c1-10-11(8-19-21-10)14-7-13-15(22-14)9-18-16(20-13)12-5-3-2-4-6-17-12/h7-9,12,17H,2-6H2,1H3,(H,19,21). The minimum atomic E-state index is 0.297. The second-order valence-corrected chi connectivity index (χ2v) is 6.94. The van der Waals surface area contributed by atoms with Crippen molar-refractivity contribution >= 4 is 21.6 Å². The van der Waals surface area contributed by atoms with E-state index in [0.29, 0.717) is 6.04 Å². The highest BCUT2D eigenvalue weighted by Gasteiger charge is 2.17. The monoisotopic (exact) mass is 313 g/mol. The largest absolute Gasteiger partial charge is 0.307 e. The Balaban J connectivity index is 1.70. The maximum absolute atomic E-state index is 4.81. The van der Waals surface area contributed by atoms with E-state index in [1.54, 1.807) is 11.3 Å². The van der Waals surface area contributed by atoms with Crippen molar-refractivity contribution in [2.45, 2.75) is 38.6 Å². The van der Waals surface area contributed by atoms with Crippen LogP contribution in [0.3, 0.4) is 0 Å². The Morgan fingerprint density at radius 2 is 2.18 bits per heavy atom. The first-order chi connectivity index (χ1) is 10.8. The van der Waals surface area contributed by atoms with Crippen LogP contribution in [0.15, 0.2) is 18.5 Å². The molecule has 1 aliphatic heterocycles. The highest BCUT2D eigenvalue weighted by atomic mass is 32.1. The average molecular weight is 313 g/mol. The second-order valence-electron chi connectivity index (χ2n) is 5.85. The lowest BCUT2D eigenvalue weighted by atomic mass is 10.1. The fourth-order valence-electron chi connectivity index (χ4n) is 3.00. The van der Waals surface area contributed by atoms with Gasteiger partial charge >= 0.3 is 0 Å². The van der Waals surface area contributed by atoms with Crippen LogP contribution in [0.4, 0.5) is 0 Å². The molecule has 3 aromatic heterocycles. The van der Waals surface area contributed by atoms with Crippen molar-refractivity contribution in [3.63, 3.8) is 0 Å². The van der Waals surface area contributed by atoms with Gasteiger partial charge in [0.15, 0.2) is 0 Å². The number of nitrogens with one attached hydrogen (secondary N) is 2. The fraction of sp³-hybridized carbons (Fsp3) is 0.438. The number of aromatic nitrogens is 4. The number of nitrogens with zero attached hydrogens (tertiary/aromatic N) is 3. The van der Waals surface area contributed by atoms with Crippen LogP contribution in [0.5, 0.6) is 0 Å². The van der Waals surface area contributed by atoms with E-state index in [2.05, 4.69) is 26.6 Å². The number of H-pyrrole nitrogens is 1. The molecule has 0 aromatic carbocycles. The number of hydrogen-bond acceptors (Lipinski definition) is 5. The molecule has 0 saturated carbocycles. The molecule has 5 nitrogen and oxygen atoms in total. The van der Waals surface area contributed by atoms with Crippen LogP contribution in [-0.4, -0.2) is 26.7 Å². The fourth-order valence-corrected chi connectivity index (χ4v) is 4.04. The number of hydrogen-bond donors (Lipinski definition) is 2. The second kappa shape index (κ2) is 5.78. The lowest BCUT2D eigenvalue weighted by Gasteiger charge is -2.13. The number of thiophene rings is 1. The summed E-state index contributed by atoms with van der Waals surface area (Å²) in [5, 5.41) is 10.7. The molecule has 3 aromatic rings. The van der Waals surface area contributed by atoms with Gasteiger partial charge < -0.3 is 5.32 Å². The molecule has 6 heteroatoms. The first kappa shape index (κ1) is 13.8. The van der Waals surface area contributed by atoms with Crippen molar-refractivity contribution in [2.75, 3.05) is 6.54 Å². The van der Waals surface area contributed by atoms with Gasteiger partial charge in [0.1, 0.15) is 5.82 Å². The van der Waals surface area contributed by atoms with Crippen molar-refractivity contribution in [1.82, 2.24) is 25.5 Å². The molecule has 1 aliphatic rings. The van der Waals surface area contributed by atoms with Gasteiger partial charge in [-0.05, 0) is 32.4 Å². The Bertz CT molecular complexity index is 783. The lowest BCUT2D eigenvalue weighted by molar-refractivity contribution is 0.509. The smallest absolute Gasteiger partial charge is 0.145 e. The Morgan fingerprint density at radius 3 is 3.05 bits per heavy atom. The summed E-state index contributed by atoms with van der Waals surface area (Å²) in [5.41, 5.74) is 3.28. The van der Waals surface area contributed by atoms with Crippen LogP contribution in [0.25, 0.3) is 20.7 Å². The average Bonchev–Trinajstić information content (AvgIpc) is 3.03. The topological polar surface area (TPSA) is 66.5 Å². The molecule has 114 valence electrons. The summed E-state index contributed by atoms with van der Waals surface area (Å²) in [6.45, 7) is 3.11. The number of aryl methyl sites for hydroxylation is 1. The summed E-state index contributed by atoms with van der Waals surface area (Å²) in [7, 11) is 0. The molecule has 0 spiro atoms. The van der Waals surface area contributed by atoms with Gasteiger partial charge in [-0.15, -0.1) is 11.3 Å². The van der Waals surface area contributed by atoms with Crippen molar-refractivity contribution in [3.05, 3.63) is 30.0 Å². The molecule has 1 fully saturated rings. The summed E-state index contributed by atoms with van der Waals surface area (Å²) >= 11 is 1.72. The normalized spacial score (nSPS) is 19.4. The van der Waals surface area contributed by atoms with Gasteiger partial charge in [-0.1, -0.05) is 12.8 Å². The third kappa shape index (κ3) is 2.53. The summed E-state index contributed by atoms with van der Waals surface area (Å²) in [6.07, 6.45) is 8.77. The zero-order chi connectivity index (χ0) is 14.9. The van der Waals surface area contributed by atoms with Crippen LogP contribution in [0.1, 0.15) is 43.2 Å². The third-order valence-electron chi connectivity index (χ3n) is 4.26. The molecule has 22 heavy (non-hydrogen) atoms. The first-order valence-corrected chi connectivity index (χ1v) is 8.63. The SMILES string of the molecule is Cc1[nH]ncc1-c1cc2nc(C3CCCCCN3)ncc2s1. The van der Waals surface area contributed by atoms with Crippen LogP contribution in [0, 0.1) is 6.92 Å². The van der Waals surface area contributed by atoms with Gasteiger partial charge in [0.2, 0.25) is 0 Å². The molecule has 0 aliphatic carbocycles. The molecule has 1 saturated heterocycles. The highest BCUT2D eigenvalue weighted by molar-refractivity contribution is 7.22. The highest BCUT2D eigenvalue weighted by Crippen LogP contribution is 2.34. The molecule has 0 bridgehead atoms. The molecule has 0 radical (unpaired) electrons. The van der Waals surface area contributed by atoms with Crippen molar-refractivity contribution in [3.8, 4) is 10.4 Å². The Hall–Kier alpha value is -1.79. The maximum Gasteiger partial charge on any atom is 0.145 e. The number of rotatable bonds is 2. The first-order valence-electron chi connectivity index (χ1n) is 7.81. The molecular formula is C16H19N5S. The Labute approximate surface area is 133 Å². The molecule has 2 N–H and O–H groups in total. The molecular weight excluding hydrogens is 294 g/mol. The zero-order valence-electron chi connectivity index (χ0n) is 12.6. The van der Waals surface area contributed by atoms with Crippen LogP contribution < -0.4 is 5.32 Å². The van der Waals surface area contributed by atoms with Gasteiger partial charge in [0.05, 0.1) is 22.5 Å². The van der Waals surface area contributed by atoms with Gasteiger partial charge in [-0.25, -0.2) is 9.97 Å². The molecule has 1 atom stereocenters. The maximum atomic E-state index is 4.81. The van der Waals surface area contributed by atoms with E-state index >= 15 is 0 Å². The molecule has 1 unspecified atom stereocenters. The van der Waals surface area contributed by atoms with E-state index in [1.807, 2.05) is 19.3 Å². The predicted octanol–water partition coefficient (Wildman–Crippen LogP) is 3.59. The number of fused-ring (bicyclic) bond motifs is 1. The third-order valence-corrected chi connectivity index (χ3v) is 5.35. The van der Waals surface area contributed by atoms with Crippen molar-refractivity contribution < 1.29 is 0 Å². The van der Waals surface area contributed by atoms with Gasteiger partial charge in [0.25, 0.3) is 0 Å². The van der Waals surface area contributed by atoms with Crippen molar-refractivity contribution in [2.24, 2.45) is 0 Å². The van der Waals surface area contributed by atoms with Crippen LogP contribution in [-0.2, 0) is 0 Å². The quantitative estimate of drug-likeness (QED) is 0.758. The van der Waals surface area contributed by atoms with Gasteiger partial charge in [-0.2, -0.15) is 5.10 Å². The molecule has 4 heterocycles. The lowest BCUT2D eigenvalue weighted by Crippen LogP contribution is -2.22. The minimum Gasteiger partial charge on any atom is -0.307 e. The van der Waals surface area contributed by atoms with E-state index in [1.165, 1.54) is 24.1 Å². The summed E-state index contributed by atoms with van der Waals surface area (Å²) in [5.74, 6) is 0.933. The molecule has 0 amide bonds. The molecule has 4 rings (SSSR count). The van der Waals surface area contributed by atoms with Gasteiger partial charge in [-0.3, -0.25) is 5.10 Å². The van der Waals surface area contributed by atoms with E-state index in [0.717, 1.165) is 40.3 Å². The number of aromatic amines is 1. The van der Waals surface area contributed by atoms with E-state index in [4.69, 9.17) is 4.98 Å². The predicted molar refractivity (Wildman–Crippen MR) is 88.9 cm³/mol. The minimum absolute atomic E-state index is 0.297. The van der Waals surface area contributed by atoms with E-state index in [-0.39, 0.29) is 0 Å². The zero-order valence-corrected chi connectivity index (χ0v) is 13.4. The summed E-state index contributed by atoms with van der Waals surface area (Å²) in [6, 6.07) is 2.45. The summed E-state index contributed by atoms with van der Waals surface area (Å²) in [4.78, 5) is 10.6. The van der Waals surface area contributed by atoms with E-state index in [9.17, 15) is 0 Å². The van der Waals surface area contributed by atoms with E-state index < -0.39 is 0 Å². The summed E-state index contributed by atoms with van der Waals surface area (Å²) < 4.78 is 1.13. The van der Waals surface area contributed by atoms with Crippen LogP contribution >= 0.6 is 11.3 Å². The van der Waals surface area contributed by atoms with Crippen molar-refractivity contribution in [1.29, 1.82) is 0 Å².